The molecule has 66 heavy (non-hydrogen) atoms. The molecule has 4 amide bonds. The van der Waals surface area contributed by atoms with Crippen LogP contribution in [0.2, 0.25) is 0 Å². The monoisotopic (exact) mass is 892 g/mol. The average Bonchev–Trinajstić information content (AvgIpc) is 4.05. The van der Waals surface area contributed by atoms with Crippen LogP contribution in [0.1, 0.15) is 128 Å². The van der Waals surface area contributed by atoms with Crippen LogP contribution in [0, 0.1) is 17.3 Å². The molecule has 0 radical (unpaired) electrons. The lowest BCUT2D eigenvalue weighted by molar-refractivity contribution is -0.218. The van der Waals surface area contributed by atoms with Crippen molar-refractivity contribution in [1.29, 1.82) is 0 Å². The Labute approximate surface area is 382 Å². The number of hydrogen-bond acceptors (Lipinski definition) is 9. The Bertz CT molecular complexity index is 3060. The van der Waals surface area contributed by atoms with Crippen LogP contribution < -0.4 is 19.9 Å². The van der Waals surface area contributed by atoms with Crippen LogP contribution in [0.15, 0.2) is 36.4 Å². The smallest absolute Gasteiger partial charge is 0.251 e. The van der Waals surface area contributed by atoms with Gasteiger partial charge in [-0.1, -0.05) is 33.8 Å². The van der Waals surface area contributed by atoms with E-state index in [2.05, 4.69) is 33.0 Å². The molecular formula is C52H56N6O8. The molecule has 9 saturated heterocycles. The Morgan fingerprint density at radius 1 is 0.712 bits per heavy atom. The van der Waals surface area contributed by atoms with E-state index in [1.807, 2.05) is 91.0 Å². The summed E-state index contributed by atoms with van der Waals surface area (Å²) in [6, 6.07) is 5.93. The van der Waals surface area contributed by atoms with E-state index in [0.29, 0.717) is 102 Å². The van der Waals surface area contributed by atoms with Crippen molar-refractivity contribution in [3.63, 3.8) is 0 Å². The van der Waals surface area contributed by atoms with E-state index in [1.165, 1.54) is 9.79 Å². The second kappa shape index (κ2) is 10.5. The molecule has 13 heterocycles. The Kier molecular flexibility index (Phi) is 6.12. The van der Waals surface area contributed by atoms with Crippen molar-refractivity contribution in [3.05, 3.63) is 64.4 Å². The molecule has 17 rings (SSSR count). The van der Waals surface area contributed by atoms with Gasteiger partial charge < -0.3 is 34.7 Å². The maximum atomic E-state index is 16.8. The number of anilines is 1. The molecule has 1 saturated carbocycles. The minimum Gasteiger partial charge on any atom is -0.483 e. The van der Waals surface area contributed by atoms with Gasteiger partial charge in [0.15, 0.2) is 0 Å². The first kappa shape index (κ1) is 38.6. The summed E-state index contributed by atoms with van der Waals surface area (Å²) in [5.74, 6) is -1.54. The molecule has 3 N–H and O–H groups in total. The molecule has 2 aromatic carbocycles. The van der Waals surface area contributed by atoms with Gasteiger partial charge in [0, 0.05) is 52.8 Å². The molecule has 14 aliphatic rings. The maximum absolute atomic E-state index is 16.8. The third-order valence-electron chi connectivity index (χ3n) is 20.3. The lowest BCUT2D eigenvalue weighted by atomic mass is 9.38. The van der Waals surface area contributed by atoms with E-state index in [9.17, 15) is 10.4 Å². The molecule has 12 aliphatic heterocycles. The van der Waals surface area contributed by atoms with Gasteiger partial charge in [-0.25, -0.2) is 0 Å². The Morgan fingerprint density at radius 2 is 1.33 bits per heavy atom. The van der Waals surface area contributed by atoms with E-state index in [-0.39, 0.29) is 23.6 Å². The van der Waals surface area contributed by atoms with Gasteiger partial charge in [-0.3, -0.25) is 29.4 Å². The number of rotatable bonds is 0. The van der Waals surface area contributed by atoms with Crippen molar-refractivity contribution in [2.24, 2.45) is 17.3 Å². The summed E-state index contributed by atoms with van der Waals surface area (Å²) in [7, 11) is 0. The van der Waals surface area contributed by atoms with E-state index in [0.717, 1.165) is 5.56 Å². The number of nitrogens with one attached hydrogen (secondary N) is 1. The van der Waals surface area contributed by atoms with Gasteiger partial charge in [0.2, 0.25) is 17.7 Å². The molecule has 2 aliphatic carbocycles. The second-order valence-electron chi connectivity index (χ2n) is 24.5. The van der Waals surface area contributed by atoms with E-state index >= 15 is 19.2 Å². The van der Waals surface area contributed by atoms with Crippen molar-refractivity contribution >= 4 is 52.4 Å². The van der Waals surface area contributed by atoms with Gasteiger partial charge >= 0.3 is 0 Å². The number of nitrogens with zero attached hydrogens (tertiary/aromatic N) is 5. The van der Waals surface area contributed by atoms with Crippen LogP contribution in [0.4, 0.5) is 5.69 Å². The topological polar surface area (TPSA) is 157 Å². The summed E-state index contributed by atoms with van der Waals surface area (Å²) in [5.41, 5.74) is -5.58. The molecular weight excluding hydrogens is 837 g/mol. The van der Waals surface area contributed by atoms with Crippen molar-refractivity contribution in [3.8, 4) is 11.5 Å². The first-order chi connectivity index (χ1) is 31.1. The summed E-state index contributed by atoms with van der Waals surface area (Å²) in [6.45, 7) is 17.3. The third-order valence-corrected chi connectivity index (χ3v) is 20.3. The van der Waals surface area contributed by atoms with Crippen molar-refractivity contribution in [1.82, 2.24) is 24.7 Å². The largest absolute Gasteiger partial charge is 0.483 e. The molecule has 2 unspecified atom stereocenters. The summed E-state index contributed by atoms with van der Waals surface area (Å²) >= 11 is 0. The van der Waals surface area contributed by atoms with Gasteiger partial charge in [-0.15, -0.1) is 0 Å². The zero-order valence-electron chi connectivity index (χ0n) is 38.7. The Hall–Kier alpha value is -5.50. The Morgan fingerprint density at radius 3 is 2.05 bits per heavy atom. The quantitative estimate of drug-likeness (QED) is 0.239. The predicted octanol–water partition coefficient (Wildman–Crippen LogP) is 5.77. The minimum atomic E-state index is -1.68. The molecule has 10 fully saturated rings. The van der Waals surface area contributed by atoms with E-state index in [4.69, 9.17) is 9.47 Å². The fraction of sp³-hybridized carbons (Fsp3) is 0.577. The first-order valence-electron chi connectivity index (χ1n) is 24.2. The van der Waals surface area contributed by atoms with Crippen LogP contribution in [-0.2, 0) is 30.0 Å². The fourth-order valence-corrected chi connectivity index (χ4v) is 18.4. The molecule has 4 bridgehead atoms. The highest BCUT2D eigenvalue weighted by Crippen LogP contribution is 2.82. The standard InChI is InChI=1S/C52H56N6O8/c1-44(2)19-15-25-29(65-44)13-11-27-33-36-50-28-12-14-30-26(16-20-45(3,4)66-30)35(28)58(64)38(50)47(7,8)31-23-48-17-9-21-54(48)42(61)51(31,53-40(48)59)39(50)56-41(60)49-18-10-22-55(49)43(62)52(36,56)32(24-49)46(5,6)37(33)57(63)34(25)27/h11-16,19-20,31-32,36,38-39,63-64H,9-10,17-18,21-24H2,1-8H3,(H,53,59)/t31-,32-,36+,38?,39-,48?,49-,50-,51+,52+/m0/s1. The number of amides is 4. The lowest BCUT2D eigenvalue weighted by Gasteiger charge is -2.72. The number of benzene rings is 2. The van der Waals surface area contributed by atoms with Gasteiger partial charge in [0.25, 0.3) is 5.91 Å². The number of ether oxygens (including phenoxy) is 2. The molecule has 14 nitrogen and oxygen atoms in total. The van der Waals surface area contributed by atoms with Crippen LogP contribution in [0.5, 0.6) is 11.5 Å². The van der Waals surface area contributed by atoms with Crippen LogP contribution in [0.3, 0.4) is 0 Å². The highest BCUT2D eigenvalue weighted by atomic mass is 16.5. The molecule has 3 aromatic rings. The lowest BCUT2D eigenvalue weighted by Crippen LogP contribution is -2.93. The summed E-state index contributed by atoms with van der Waals surface area (Å²) in [6.07, 6.45) is 11.1. The van der Waals surface area contributed by atoms with Gasteiger partial charge in [0.1, 0.15) is 44.9 Å². The fourth-order valence-electron chi connectivity index (χ4n) is 18.4. The Balaban J connectivity index is 1.16. The number of fused-ring (bicyclic) bond motifs is 10. The number of hydroxylamine groups is 1. The van der Waals surface area contributed by atoms with Crippen LogP contribution >= 0.6 is 0 Å². The van der Waals surface area contributed by atoms with Crippen molar-refractivity contribution in [2.75, 3.05) is 18.2 Å². The summed E-state index contributed by atoms with van der Waals surface area (Å²) in [4.78, 5) is 70.6. The minimum absolute atomic E-state index is 0.142. The molecule has 5 spiro atoms. The van der Waals surface area contributed by atoms with Gasteiger partial charge in [-0.2, -0.15) is 4.73 Å². The number of piperazine rings is 2. The number of carbonyl (C=O) groups is 4. The number of carbonyl (C=O) groups excluding carboxylic acids is 4. The molecule has 14 heteroatoms. The first-order valence-corrected chi connectivity index (χ1v) is 24.2. The van der Waals surface area contributed by atoms with Gasteiger partial charge in [0.05, 0.1) is 34.4 Å². The number of hydrogen-bond donors (Lipinski definition) is 3. The summed E-state index contributed by atoms with van der Waals surface area (Å²) < 4.78 is 14.5. The SMILES string of the molecule is CC1(C)C=Cc2c(ccc3c2N(O)C2C(C)(C)[C@@H]4CC56CCCN5C(=O)[C@]4(NC6=O)[C@H]4N5C(=O)[C@@]67CCCN6C(=O)[C@@]56[C@H](c5c(n(O)c8c9c(ccc58)OC(C)(C)C=C9)C(C)(C)[C@@H]6C7)[C@@]324)O1. The molecule has 10 atom stereocenters. The van der Waals surface area contributed by atoms with E-state index < -0.39 is 79.4 Å². The maximum Gasteiger partial charge on any atom is 0.251 e. The highest BCUT2D eigenvalue weighted by molar-refractivity contribution is 6.12. The van der Waals surface area contributed by atoms with Crippen LogP contribution in [-0.4, -0.2) is 112 Å². The zero-order chi connectivity index (χ0) is 45.8. The van der Waals surface area contributed by atoms with Crippen LogP contribution in [0.25, 0.3) is 23.1 Å². The van der Waals surface area contributed by atoms with Gasteiger partial charge in [-0.05, 0) is 125 Å². The number of piperidine rings is 4. The van der Waals surface area contributed by atoms with Crippen molar-refractivity contribution < 1.29 is 39.1 Å². The van der Waals surface area contributed by atoms with E-state index in [1.54, 1.807) is 0 Å². The summed E-state index contributed by atoms with van der Waals surface area (Å²) in [5, 5.41) is 32.5. The van der Waals surface area contributed by atoms with Crippen molar-refractivity contribution in [2.45, 2.75) is 156 Å². The predicted molar refractivity (Wildman–Crippen MR) is 240 cm³/mol. The highest BCUT2D eigenvalue weighted by Gasteiger charge is 2.95. The third kappa shape index (κ3) is 3.43. The zero-order valence-corrected chi connectivity index (χ0v) is 38.7. The average molecular weight is 893 g/mol. The second-order valence-corrected chi connectivity index (χ2v) is 24.5. The molecule has 1 aromatic heterocycles. The number of aromatic nitrogens is 1. The molecule has 342 valence electrons. The normalized spacial score (nSPS) is 41.6.